The van der Waals surface area contributed by atoms with Crippen LogP contribution in [0.4, 0.5) is 31.1 Å². The monoisotopic (exact) mass is 484 g/mol. The van der Waals surface area contributed by atoms with Crippen molar-refractivity contribution >= 4 is 12.1 Å². The molecule has 186 valence electrons. The summed E-state index contributed by atoms with van der Waals surface area (Å²) in [5, 5.41) is 12.0. The van der Waals surface area contributed by atoms with Crippen LogP contribution in [0.5, 0.6) is 0 Å². The molecule has 12 heteroatoms. The number of benzene rings is 1. The van der Waals surface area contributed by atoms with E-state index in [4.69, 9.17) is 9.84 Å². The third-order valence-corrected chi connectivity index (χ3v) is 5.50. The molecule has 2 rings (SSSR count). The van der Waals surface area contributed by atoms with Gasteiger partial charge in [-0.25, -0.2) is 4.79 Å². The molecule has 0 bridgehead atoms. The van der Waals surface area contributed by atoms with Crippen LogP contribution in [0, 0.1) is 5.41 Å². The summed E-state index contributed by atoms with van der Waals surface area (Å²) in [4.78, 5) is 25.0. The van der Waals surface area contributed by atoms with Gasteiger partial charge in [0.25, 0.3) is 0 Å². The van der Waals surface area contributed by atoms with E-state index in [1.807, 2.05) is 6.92 Å². The van der Waals surface area contributed by atoms with Crippen LogP contribution in [-0.2, 0) is 28.4 Å². The Balaban J connectivity index is 2.07. The quantitative estimate of drug-likeness (QED) is 0.538. The number of carbonyl (C=O) groups is 2. The maximum Gasteiger partial charge on any atom is 0.416 e. The number of carboxylic acid groups (broad SMARTS) is 1. The molecule has 0 aliphatic carbocycles. The van der Waals surface area contributed by atoms with Gasteiger partial charge in [-0.05, 0) is 50.5 Å². The summed E-state index contributed by atoms with van der Waals surface area (Å²) >= 11 is 0. The third kappa shape index (κ3) is 6.99. The highest BCUT2D eigenvalue weighted by Gasteiger charge is 2.38. The summed E-state index contributed by atoms with van der Waals surface area (Å²) in [5.41, 5.74) is -4.25. The fraction of sp³-hybridized carbons (Fsp3) is 0.619. The second-order valence-electron chi connectivity index (χ2n) is 8.69. The van der Waals surface area contributed by atoms with Crippen molar-refractivity contribution in [2.75, 3.05) is 13.2 Å². The van der Waals surface area contributed by atoms with Gasteiger partial charge in [0.15, 0.2) is 0 Å². The zero-order valence-electron chi connectivity index (χ0n) is 18.3. The molecule has 0 aromatic heterocycles. The lowest BCUT2D eigenvalue weighted by Gasteiger charge is -2.25. The highest BCUT2D eigenvalue weighted by molar-refractivity contribution is 5.75. The molecule has 0 unspecified atom stereocenters. The maximum absolute atomic E-state index is 13.0. The van der Waals surface area contributed by atoms with Gasteiger partial charge < -0.3 is 20.1 Å². The second kappa shape index (κ2) is 9.78. The molecule has 1 fully saturated rings. The first-order valence-corrected chi connectivity index (χ1v) is 10.2. The Hall–Kier alpha value is -2.50. The van der Waals surface area contributed by atoms with Gasteiger partial charge in [0.2, 0.25) is 0 Å². The number of hydrogen-bond acceptors (Lipinski definition) is 4. The van der Waals surface area contributed by atoms with Crippen molar-refractivity contribution in [2.45, 2.75) is 64.6 Å². The summed E-state index contributed by atoms with van der Waals surface area (Å²) in [6.45, 7) is 4.13. The number of hydrogen-bond donors (Lipinski definition) is 2. The van der Waals surface area contributed by atoms with E-state index < -0.39 is 41.0 Å². The summed E-state index contributed by atoms with van der Waals surface area (Å²) < 4.78 is 83.4. The van der Waals surface area contributed by atoms with Crippen LogP contribution in [0.1, 0.15) is 50.3 Å². The van der Waals surface area contributed by atoms with E-state index in [9.17, 15) is 35.9 Å². The van der Waals surface area contributed by atoms with Crippen LogP contribution in [0.25, 0.3) is 0 Å². The molecule has 6 nitrogen and oxygen atoms in total. The third-order valence-electron chi connectivity index (χ3n) is 5.50. The highest BCUT2D eigenvalue weighted by Crippen LogP contribution is 2.36. The topological polar surface area (TPSA) is 78.9 Å². The molecule has 0 spiro atoms. The van der Waals surface area contributed by atoms with Gasteiger partial charge in [0.1, 0.15) is 6.61 Å². The first-order valence-electron chi connectivity index (χ1n) is 10.2. The number of ether oxygens (including phenoxy) is 1. The Kier molecular flexibility index (Phi) is 7.93. The zero-order valence-corrected chi connectivity index (χ0v) is 18.3. The van der Waals surface area contributed by atoms with E-state index in [1.165, 1.54) is 18.7 Å². The minimum absolute atomic E-state index is 0.0720. The molecule has 1 saturated heterocycles. The van der Waals surface area contributed by atoms with Crippen LogP contribution in [0.15, 0.2) is 18.2 Å². The SMILES string of the molecule is CC[C@@H]1C[C@H](NCc2cc(C(F)(F)F)cc(C(F)(F)F)c2)CN1C(=O)OCC(C)(C)C(=O)O. The lowest BCUT2D eigenvalue weighted by atomic mass is 9.95. The number of aliphatic carboxylic acids is 1. The molecule has 1 aliphatic rings. The van der Waals surface area contributed by atoms with E-state index >= 15 is 0 Å². The highest BCUT2D eigenvalue weighted by atomic mass is 19.4. The van der Waals surface area contributed by atoms with Gasteiger partial charge >= 0.3 is 24.4 Å². The van der Waals surface area contributed by atoms with Crippen molar-refractivity contribution in [1.29, 1.82) is 0 Å². The minimum atomic E-state index is -4.93. The Labute approximate surface area is 186 Å². The van der Waals surface area contributed by atoms with E-state index in [0.717, 1.165) is 0 Å². The van der Waals surface area contributed by atoms with Crippen LogP contribution in [0.3, 0.4) is 0 Å². The first-order chi connectivity index (χ1) is 15.0. The maximum atomic E-state index is 13.0. The van der Waals surface area contributed by atoms with Crippen LogP contribution >= 0.6 is 0 Å². The number of rotatable bonds is 7. The number of alkyl halides is 6. The smallest absolute Gasteiger partial charge is 0.416 e. The minimum Gasteiger partial charge on any atom is -0.481 e. The molecular weight excluding hydrogens is 458 g/mol. The molecule has 1 heterocycles. The van der Waals surface area contributed by atoms with Gasteiger partial charge in [0, 0.05) is 25.2 Å². The Morgan fingerprint density at radius 2 is 1.64 bits per heavy atom. The molecule has 0 radical (unpaired) electrons. The molecule has 1 aromatic rings. The molecule has 2 N–H and O–H groups in total. The van der Waals surface area contributed by atoms with Gasteiger partial charge in [0.05, 0.1) is 16.5 Å². The molecule has 0 saturated carbocycles. The van der Waals surface area contributed by atoms with Gasteiger partial charge in [-0.2, -0.15) is 26.3 Å². The van der Waals surface area contributed by atoms with Crippen molar-refractivity contribution in [3.63, 3.8) is 0 Å². The van der Waals surface area contributed by atoms with Crippen molar-refractivity contribution in [1.82, 2.24) is 10.2 Å². The molecule has 1 amide bonds. The zero-order chi connectivity index (χ0) is 25.2. The van der Waals surface area contributed by atoms with E-state index in [2.05, 4.69) is 5.32 Å². The average molecular weight is 484 g/mol. The number of nitrogens with one attached hydrogen (secondary N) is 1. The van der Waals surface area contributed by atoms with Gasteiger partial charge in [-0.1, -0.05) is 6.92 Å². The second-order valence-corrected chi connectivity index (χ2v) is 8.69. The van der Waals surface area contributed by atoms with Gasteiger partial charge in [-0.3, -0.25) is 4.79 Å². The van der Waals surface area contributed by atoms with Crippen molar-refractivity contribution in [3.8, 4) is 0 Å². The van der Waals surface area contributed by atoms with Crippen LogP contribution in [0.2, 0.25) is 0 Å². The van der Waals surface area contributed by atoms with Crippen LogP contribution in [-0.4, -0.2) is 47.3 Å². The molecule has 2 atom stereocenters. The predicted molar refractivity (Wildman–Crippen MR) is 105 cm³/mol. The van der Waals surface area contributed by atoms with Crippen molar-refractivity contribution in [2.24, 2.45) is 5.41 Å². The largest absolute Gasteiger partial charge is 0.481 e. The fourth-order valence-corrected chi connectivity index (χ4v) is 3.45. The average Bonchev–Trinajstić information content (AvgIpc) is 3.12. The Bertz CT molecular complexity index is 837. The number of likely N-dealkylation sites (tertiary alicyclic amines) is 1. The predicted octanol–water partition coefficient (Wildman–Crippen LogP) is 4.91. The van der Waals surface area contributed by atoms with Crippen molar-refractivity contribution < 1.29 is 45.8 Å². The number of amides is 1. The summed E-state index contributed by atoms with van der Waals surface area (Å²) in [6.07, 6.45) is -9.63. The Morgan fingerprint density at radius 1 is 1.09 bits per heavy atom. The molecular formula is C21H26F6N2O4. The summed E-state index contributed by atoms with van der Waals surface area (Å²) in [6, 6.07) is 0.736. The van der Waals surface area contributed by atoms with E-state index in [1.54, 1.807) is 0 Å². The van der Waals surface area contributed by atoms with Crippen molar-refractivity contribution in [3.05, 3.63) is 34.9 Å². The van der Waals surface area contributed by atoms with E-state index in [-0.39, 0.29) is 43.4 Å². The molecule has 1 aromatic carbocycles. The molecule has 1 aliphatic heterocycles. The standard InChI is InChI=1S/C21H26F6N2O4/c1-4-16-8-15(10-29(16)18(32)33-11-19(2,3)17(30)31)28-9-12-5-13(20(22,23)24)7-14(6-12)21(25,26)27/h5-7,15-16,28H,4,8-11H2,1-3H3,(H,30,31)/t15-,16+/m0/s1. The van der Waals surface area contributed by atoms with Crippen LogP contribution < -0.4 is 5.32 Å². The summed E-state index contributed by atoms with van der Waals surface area (Å²) in [7, 11) is 0. The van der Waals surface area contributed by atoms with E-state index in [0.29, 0.717) is 25.0 Å². The number of carboxylic acids is 1. The number of carbonyl (C=O) groups excluding carboxylic acids is 1. The van der Waals surface area contributed by atoms with Gasteiger partial charge in [-0.15, -0.1) is 0 Å². The fourth-order valence-electron chi connectivity index (χ4n) is 3.45. The summed E-state index contributed by atoms with van der Waals surface area (Å²) in [5.74, 6) is -1.14. The lowest BCUT2D eigenvalue weighted by Crippen LogP contribution is -2.40. The Morgan fingerprint density at radius 3 is 2.09 bits per heavy atom. The molecule has 33 heavy (non-hydrogen) atoms. The number of nitrogens with zero attached hydrogens (tertiary/aromatic N) is 1. The normalized spacial score (nSPS) is 19.6. The first kappa shape index (κ1) is 26.7. The number of halogens is 6. The lowest BCUT2D eigenvalue weighted by molar-refractivity contribution is -0.149.